The van der Waals surface area contributed by atoms with Crippen LogP contribution in [0.1, 0.15) is 32.3 Å². The molecule has 0 aliphatic carbocycles. The van der Waals surface area contributed by atoms with E-state index >= 15 is 0 Å². The molecular weight excluding hydrogens is 213 g/mol. The zero-order valence-electron chi connectivity index (χ0n) is 9.19. The van der Waals surface area contributed by atoms with Gasteiger partial charge in [-0.1, -0.05) is 31.0 Å². The fourth-order valence-corrected chi connectivity index (χ4v) is 1.68. The lowest BCUT2D eigenvalue weighted by atomic mass is 10.1. The van der Waals surface area contributed by atoms with Gasteiger partial charge in [0.2, 0.25) is 0 Å². The first-order valence-electron chi connectivity index (χ1n) is 5.30. The lowest BCUT2D eigenvalue weighted by Crippen LogP contribution is -2.25. The van der Waals surface area contributed by atoms with Crippen LogP contribution in [0.3, 0.4) is 0 Å². The van der Waals surface area contributed by atoms with Gasteiger partial charge in [-0.3, -0.25) is 0 Å². The normalized spacial score (nSPS) is 12.8. The highest BCUT2D eigenvalue weighted by Crippen LogP contribution is 2.15. The van der Waals surface area contributed by atoms with Gasteiger partial charge < -0.3 is 5.32 Å². The van der Waals surface area contributed by atoms with Gasteiger partial charge in [0.15, 0.2) is 0 Å². The van der Waals surface area contributed by atoms with Crippen LogP contribution in [0.5, 0.6) is 0 Å². The Morgan fingerprint density at radius 3 is 2.80 bits per heavy atom. The molecule has 0 amide bonds. The summed E-state index contributed by atoms with van der Waals surface area (Å²) in [6, 6.07) is 5.32. The minimum absolute atomic E-state index is 0.192. The molecule has 84 valence electrons. The van der Waals surface area contributed by atoms with Gasteiger partial charge in [0.25, 0.3) is 0 Å². The summed E-state index contributed by atoms with van der Waals surface area (Å²) in [5.41, 5.74) is 1.02. The van der Waals surface area contributed by atoms with Crippen molar-refractivity contribution in [2.45, 2.75) is 39.3 Å². The lowest BCUT2D eigenvalue weighted by molar-refractivity contribution is 0.508. The van der Waals surface area contributed by atoms with Crippen molar-refractivity contribution in [1.82, 2.24) is 5.32 Å². The van der Waals surface area contributed by atoms with Crippen LogP contribution in [0.25, 0.3) is 0 Å². The van der Waals surface area contributed by atoms with Crippen molar-refractivity contribution in [3.05, 3.63) is 34.6 Å². The zero-order chi connectivity index (χ0) is 11.3. The average Bonchev–Trinajstić information content (AvgIpc) is 2.20. The Bertz CT molecular complexity index is 314. The summed E-state index contributed by atoms with van der Waals surface area (Å²) in [5.74, 6) is -0.359. The van der Waals surface area contributed by atoms with Crippen molar-refractivity contribution in [3.63, 3.8) is 0 Å². The molecule has 0 radical (unpaired) electrons. The third kappa shape index (κ3) is 4.18. The van der Waals surface area contributed by atoms with E-state index in [1.165, 1.54) is 12.5 Å². The van der Waals surface area contributed by atoms with Crippen LogP contribution >= 0.6 is 11.6 Å². The van der Waals surface area contributed by atoms with Gasteiger partial charge in [-0.05, 0) is 31.0 Å². The molecule has 0 spiro atoms. The van der Waals surface area contributed by atoms with Crippen LogP contribution in [-0.2, 0) is 6.54 Å². The number of nitrogens with one attached hydrogen (secondary N) is 1. The highest BCUT2D eigenvalue weighted by atomic mass is 35.5. The van der Waals surface area contributed by atoms with E-state index in [-0.39, 0.29) is 10.8 Å². The highest BCUT2D eigenvalue weighted by molar-refractivity contribution is 6.30. The largest absolute Gasteiger partial charge is 0.310 e. The monoisotopic (exact) mass is 229 g/mol. The van der Waals surface area contributed by atoms with Crippen LogP contribution in [0.4, 0.5) is 4.39 Å². The van der Waals surface area contributed by atoms with Crippen molar-refractivity contribution < 1.29 is 4.39 Å². The molecule has 1 rings (SSSR count). The predicted molar refractivity (Wildman–Crippen MR) is 62.6 cm³/mol. The van der Waals surface area contributed by atoms with E-state index in [9.17, 15) is 4.39 Å². The molecule has 0 aromatic heterocycles. The maximum atomic E-state index is 12.9. The summed E-state index contributed by atoms with van der Waals surface area (Å²) in [7, 11) is 0. The fraction of sp³-hybridized carbons (Fsp3) is 0.500. The second-order valence-electron chi connectivity index (χ2n) is 3.82. The smallest absolute Gasteiger partial charge is 0.141 e. The molecule has 1 aromatic rings. The van der Waals surface area contributed by atoms with Gasteiger partial charge in [-0.2, -0.15) is 0 Å². The molecule has 0 aliphatic rings. The molecule has 1 aromatic carbocycles. The second-order valence-corrected chi connectivity index (χ2v) is 4.23. The summed E-state index contributed by atoms with van der Waals surface area (Å²) < 4.78 is 12.9. The summed E-state index contributed by atoms with van der Waals surface area (Å²) in [4.78, 5) is 0. The van der Waals surface area contributed by atoms with Crippen LogP contribution in [-0.4, -0.2) is 6.04 Å². The van der Waals surface area contributed by atoms with E-state index in [0.717, 1.165) is 18.5 Å². The molecule has 0 unspecified atom stereocenters. The third-order valence-corrected chi connectivity index (χ3v) is 2.65. The van der Waals surface area contributed by atoms with Gasteiger partial charge in [0, 0.05) is 12.6 Å². The molecule has 0 aliphatic heterocycles. The molecule has 0 bridgehead atoms. The van der Waals surface area contributed by atoms with E-state index in [1.807, 2.05) is 0 Å². The Labute approximate surface area is 95.6 Å². The topological polar surface area (TPSA) is 12.0 Å². The van der Waals surface area contributed by atoms with Gasteiger partial charge in [-0.15, -0.1) is 0 Å². The standard InChI is InChI=1S/C12H17ClFN/c1-3-4-9(2)15-8-10-5-6-12(14)11(13)7-10/h5-7,9,15H,3-4,8H2,1-2H3/t9-/m1/s1. The second kappa shape index (κ2) is 6.09. The minimum Gasteiger partial charge on any atom is -0.310 e. The molecule has 0 heterocycles. The maximum absolute atomic E-state index is 12.9. The molecule has 0 saturated heterocycles. The van der Waals surface area contributed by atoms with E-state index in [4.69, 9.17) is 11.6 Å². The van der Waals surface area contributed by atoms with E-state index in [2.05, 4.69) is 19.2 Å². The van der Waals surface area contributed by atoms with E-state index in [1.54, 1.807) is 12.1 Å². The first-order valence-corrected chi connectivity index (χ1v) is 5.68. The molecule has 3 heteroatoms. The molecule has 15 heavy (non-hydrogen) atoms. The Hall–Kier alpha value is -0.600. The third-order valence-electron chi connectivity index (χ3n) is 2.36. The number of hydrogen-bond donors (Lipinski definition) is 1. The lowest BCUT2D eigenvalue weighted by Gasteiger charge is -2.12. The zero-order valence-corrected chi connectivity index (χ0v) is 9.94. The van der Waals surface area contributed by atoms with Crippen molar-refractivity contribution in [3.8, 4) is 0 Å². The molecule has 1 N–H and O–H groups in total. The van der Waals surface area contributed by atoms with Crippen molar-refractivity contribution in [1.29, 1.82) is 0 Å². The fourth-order valence-electron chi connectivity index (χ4n) is 1.48. The SMILES string of the molecule is CCC[C@@H](C)NCc1ccc(F)c(Cl)c1. The van der Waals surface area contributed by atoms with Crippen LogP contribution in [0, 0.1) is 5.82 Å². The van der Waals surface area contributed by atoms with Gasteiger partial charge >= 0.3 is 0 Å². The van der Waals surface area contributed by atoms with Crippen LogP contribution < -0.4 is 5.32 Å². The van der Waals surface area contributed by atoms with Gasteiger partial charge in [0.05, 0.1) is 5.02 Å². The van der Waals surface area contributed by atoms with Gasteiger partial charge in [0.1, 0.15) is 5.82 Å². The molecule has 1 atom stereocenters. The number of halogens is 2. The number of rotatable bonds is 5. The van der Waals surface area contributed by atoms with Gasteiger partial charge in [-0.25, -0.2) is 4.39 Å². The molecule has 0 fully saturated rings. The number of benzene rings is 1. The number of hydrogen-bond acceptors (Lipinski definition) is 1. The van der Waals surface area contributed by atoms with Crippen LogP contribution in [0.15, 0.2) is 18.2 Å². The van der Waals surface area contributed by atoms with E-state index < -0.39 is 0 Å². The first kappa shape index (κ1) is 12.5. The quantitative estimate of drug-likeness (QED) is 0.811. The van der Waals surface area contributed by atoms with Crippen molar-refractivity contribution in [2.24, 2.45) is 0 Å². The van der Waals surface area contributed by atoms with Crippen molar-refractivity contribution in [2.75, 3.05) is 0 Å². The average molecular weight is 230 g/mol. The minimum atomic E-state index is -0.359. The van der Waals surface area contributed by atoms with E-state index in [0.29, 0.717) is 6.04 Å². The Balaban J connectivity index is 2.47. The summed E-state index contributed by atoms with van der Waals surface area (Å²) >= 11 is 5.69. The Morgan fingerprint density at radius 1 is 1.47 bits per heavy atom. The summed E-state index contributed by atoms with van der Waals surface area (Å²) in [6.45, 7) is 5.04. The Kier molecular flexibility index (Phi) is 5.06. The first-order chi connectivity index (χ1) is 7.13. The van der Waals surface area contributed by atoms with Crippen LogP contribution in [0.2, 0.25) is 5.02 Å². The Morgan fingerprint density at radius 2 is 2.20 bits per heavy atom. The summed E-state index contributed by atoms with van der Waals surface area (Å²) in [6.07, 6.45) is 2.31. The van der Waals surface area contributed by atoms with Crippen molar-refractivity contribution >= 4 is 11.6 Å². The molecule has 1 nitrogen and oxygen atoms in total. The molecule has 0 saturated carbocycles. The predicted octanol–water partition coefficient (Wildman–Crippen LogP) is 3.76. The summed E-state index contributed by atoms with van der Waals surface area (Å²) in [5, 5.41) is 3.56. The highest BCUT2D eigenvalue weighted by Gasteiger charge is 2.03. The molecular formula is C12H17ClFN. The maximum Gasteiger partial charge on any atom is 0.141 e.